The van der Waals surface area contributed by atoms with Gasteiger partial charge in [-0.2, -0.15) is 0 Å². The van der Waals surface area contributed by atoms with Crippen LogP contribution in [0, 0.1) is 17.3 Å². The van der Waals surface area contributed by atoms with Crippen LogP contribution in [0.2, 0.25) is 0 Å². The molecule has 2 atom stereocenters. The Labute approximate surface area is 132 Å². The molecule has 0 aromatic rings. The zero-order valence-corrected chi connectivity index (χ0v) is 14.0. The predicted molar refractivity (Wildman–Crippen MR) is 84.0 cm³/mol. The van der Waals surface area contributed by atoms with Crippen molar-refractivity contribution in [3.8, 4) is 0 Å². The summed E-state index contributed by atoms with van der Waals surface area (Å²) >= 11 is 0. The van der Waals surface area contributed by atoms with E-state index in [9.17, 15) is 9.59 Å². The van der Waals surface area contributed by atoms with Gasteiger partial charge in [0.05, 0.1) is 13.2 Å². The molecule has 2 aliphatic carbocycles. The van der Waals surface area contributed by atoms with Crippen LogP contribution in [-0.2, 0) is 19.1 Å². The third kappa shape index (κ3) is 2.59. The zero-order chi connectivity index (χ0) is 16.3. The van der Waals surface area contributed by atoms with Crippen molar-refractivity contribution in [3.63, 3.8) is 0 Å². The second kappa shape index (κ2) is 6.67. The van der Waals surface area contributed by atoms with Gasteiger partial charge in [0.2, 0.25) is 0 Å². The van der Waals surface area contributed by atoms with Crippen LogP contribution in [0.15, 0.2) is 23.3 Å². The summed E-state index contributed by atoms with van der Waals surface area (Å²) in [5.41, 5.74) is 1.30. The smallest absolute Gasteiger partial charge is 0.324 e. The van der Waals surface area contributed by atoms with Crippen LogP contribution in [0.25, 0.3) is 0 Å². The summed E-state index contributed by atoms with van der Waals surface area (Å²) in [5.74, 6) is -0.911. The van der Waals surface area contributed by atoms with Gasteiger partial charge in [-0.3, -0.25) is 9.59 Å². The van der Waals surface area contributed by atoms with Crippen LogP contribution in [0.4, 0.5) is 0 Å². The van der Waals surface area contributed by atoms with Gasteiger partial charge in [0.25, 0.3) is 0 Å². The average molecular weight is 306 g/mol. The van der Waals surface area contributed by atoms with E-state index in [0.29, 0.717) is 6.42 Å². The molecule has 0 amide bonds. The first-order valence-corrected chi connectivity index (χ1v) is 8.18. The molecule has 22 heavy (non-hydrogen) atoms. The van der Waals surface area contributed by atoms with E-state index in [1.165, 1.54) is 11.1 Å². The molecule has 2 aliphatic rings. The predicted octanol–water partition coefficient (Wildman–Crippen LogP) is 3.42. The number of hydrogen-bond donors (Lipinski definition) is 0. The SMILES string of the molecule is CCOC(=O)C1(C(=O)OCC)CC2=C(C)CCC=C[C@@H]2[C@@H]1C. The fourth-order valence-electron chi connectivity index (χ4n) is 3.73. The van der Waals surface area contributed by atoms with Crippen LogP contribution in [0.5, 0.6) is 0 Å². The Morgan fingerprint density at radius 3 is 2.36 bits per heavy atom. The van der Waals surface area contributed by atoms with Crippen molar-refractivity contribution < 1.29 is 19.1 Å². The Hall–Kier alpha value is -1.58. The lowest BCUT2D eigenvalue weighted by Gasteiger charge is -2.29. The first-order valence-electron chi connectivity index (χ1n) is 8.18. The Balaban J connectivity index is 2.48. The molecule has 0 aromatic carbocycles. The van der Waals surface area contributed by atoms with Gasteiger partial charge in [-0.15, -0.1) is 0 Å². The minimum atomic E-state index is -1.20. The largest absolute Gasteiger partial charge is 0.465 e. The lowest BCUT2D eigenvalue weighted by Crippen LogP contribution is -2.45. The number of rotatable bonds is 4. The molecule has 0 radical (unpaired) electrons. The van der Waals surface area contributed by atoms with Gasteiger partial charge in [-0.05, 0) is 46.0 Å². The normalized spacial score (nSPS) is 26.4. The highest BCUT2D eigenvalue weighted by Crippen LogP contribution is 2.54. The van der Waals surface area contributed by atoms with Crippen LogP contribution in [0.1, 0.15) is 47.0 Å². The van der Waals surface area contributed by atoms with Crippen molar-refractivity contribution in [3.05, 3.63) is 23.3 Å². The monoisotopic (exact) mass is 306 g/mol. The quantitative estimate of drug-likeness (QED) is 0.454. The second-order valence-corrected chi connectivity index (χ2v) is 6.18. The van der Waals surface area contributed by atoms with Gasteiger partial charge in [0, 0.05) is 5.92 Å². The molecule has 4 nitrogen and oxygen atoms in total. The van der Waals surface area contributed by atoms with Crippen molar-refractivity contribution in [1.82, 2.24) is 0 Å². The standard InChI is InChI=1S/C18H26O4/c1-5-21-16(19)18(17(20)22-6-2)11-15-12(3)9-7-8-10-14(15)13(18)4/h8,10,13-14H,5-7,9,11H2,1-4H3/t13-,14+/m0/s1. The molecule has 1 saturated carbocycles. The van der Waals surface area contributed by atoms with Crippen molar-refractivity contribution >= 4 is 11.9 Å². The zero-order valence-electron chi connectivity index (χ0n) is 14.0. The maximum atomic E-state index is 12.7. The summed E-state index contributed by atoms with van der Waals surface area (Å²) < 4.78 is 10.5. The lowest BCUT2D eigenvalue weighted by molar-refractivity contribution is -0.175. The van der Waals surface area contributed by atoms with Gasteiger partial charge in [-0.25, -0.2) is 0 Å². The van der Waals surface area contributed by atoms with Crippen molar-refractivity contribution in [2.45, 2.75) is 47.0 Å². The third-order valence-electron chi connectivity index (χ3n) is 5.04. The van der Waals surface area contributed by atoms with Crippen molar-refractivity contribution in [1.29, 1.82) is 0 Å². The minimum absolute atomic E-state index is 0.122. The maximum Gasteiger partial charge on any atom is 0.324 e. The van der Waals surface area contributed by atoms with Gasteiger partial charge < -0.3 is 9.47 Å². The molecule has 0 heterocycles. The highest BCUT2D eigenvalue weighted by molar-refractivity contribution is 6.01. The fourth-order valence-corrected chi connectivity index (χ4v) is 3.73. The average Bonchev–Trinajstić information content (AvgIpc) is 2.66. The molecular weight excluding hydrogens is 280 g/mol. The Morgan fingerprint density at radius 1 is 1.23 bits per heavy atom. The van der Waals surface area contributed by atoms with Crippen molar-refractivity contribution in [2.75, 3.05) is 13.2 Å². The van der Waals surface area contributed by atoms with E-state index >= 15 is 0 Å². The molecule has 0 bridgehead atoms. The Kier molecular flexibility index (Phi) is 5.09. The minimum Gasteiger partial charge on any atom is -0.465 e. The third-order valence-corrected chi connectivity index (χ3v) is 5.04. The summed E-state index contributed by atoms with van der Waals surface area (Å²) in [4.78, 5) is 25.3. The van der Waals surface area contributed by atoms with Gasteiger partial charge in [0.1, 0.15) is 0 Å². The summed E-state index contributed by atoms with van der Waals surface area (Å²) in [5, 5.41) is 0. The number of ether oxygens (including phenoxy) is 2. The van der Waals surface area contributed by atoms with Gasteiger partial charge in [-0.1, -0.05) is 30.2 Å². The fraction of sp³-hybridized carbons (Fsp3) is 0.667. The van der Waals surface area contributed by atoms with E-state index in [2.05, 4.69) is 19.1 Å². The van der Waals surface area contributed by atoms with E-state index in [1.54, 1.807) is 13.8 Å². The first-order chi connectivity index (χ1) is 10.5. The highest BCUT2D eigenvalue weighted by Gasteiger charge is 2.60. The van der Waals surface area contributed by atoms with Crippen LogP contribution >= 0.6 is 0 Å². The van der Waals surface area contributed by atoms with Gasteiger partial charge in [0.15, 0.2) is 5.41 Å². The molecule has 0 spiro atoms. The number of hydrogen-bond acceptors (Lipinski definition) is 4. The topological polar surface area (TPSA) is 52.6 Å². The number of fused-ring (bicyclic) bond motifs is 1. The van der Waals surface area contributed by atoms with E-state index in [1.807, 2.05) is 6.92 Å². The number of esters is 2. The second-order valence-electron chi connectivity index (χ2n) is 6.18. The molecule has 1 fully saturated rings. The molecule has 0 unspecified atom stereocenters. The summed E-state index contributed by atoms with van der Waals surface area (Å²) in [7, 11) is 0. The molecule has 0 aromatic heterocycles. The molecule has 0 aliphatic heterocycles. The van der Waals surface area contributed by atoms with Crippen LogP contribution < -0.4 is 0 Å². The number of allylic oxidation sites excluding steroid dienone is 4. The molecule has 0 N–H and O–H groups in total. The van der Waals surface area contributed by atoms with Crippen LogP contribution in [-0.4, -0.2) is 25.2 Å². The van der Waals surface area contributed by atoms with Crippen LogP contribution in [0.3, 0.4) is 0 Å². The van der Waals surface area contributed by atoms with E-state index < -0.39 is 17.4 Å². The molecule has 2 rings (SSSR count). The molecular formula is C18H26O4. The number of carbonyl (C=O) groups excluding carboxylic acids is 2. The number of carbonyl (C=O) groups is 2. The maximum absolute atomic E-state index is 12.7. The van der Waals surface area contributed by atoms with Crippen molar-refractivity contribution in [2.24, 2.45) is 17.3 Å². The van der Waals surface area contributed by atoms with E-state index in [4.69, 9.17) is 9.47 Å². The van der Waals surface area contributed by atoms with E-state index in [-0.39, 0.29) is 25.0 Å². The Morgan fingerprint density at radius 2 is 1.82 bits per heavy atom. The first kappa shape index (κ1) is 16.8. The summed E-state index contributed by atoms with van der Waals surface area (Å²) in [6.45, 7) is 8.14. The summed E-state index contributed by atoms with van der Waals surface area (Å²) in [6, 6.07) is 0. The Bertz CT molecular complexity index is 497. The molecule has 0 saturated heterocycles. The van der Waals surface area contributed by atoms with E-state index in [0.717, 1.165) is 12.8 Å². The molecule has 4 heteroatoms. The highest BCUT2D eigenvalue weighted by atomic mass is 16.6. The lowest BCUT2D eigenvalue weighted by atomic mass is 9.76. The summed E-state index contributed by atoms with van der Waals surface area (Å²) in [6.07, 6.45) is 6.73. The molecule has 122 valence electrons. The van der Waals surface area contributed by atoms with Gasteiger partial charge >= 0.3 is 11.9 Å².